The van der Waals surface area contributed by atoms with Crippen molar-refractivity contribution in [1.29, 1.82) is 0 Å². The zero-order valence-corrected chi connectivity index (χ0v) is 18.0. The van der Waals surface area contributed by atoms with Crippen LogP contribution in [0.25, 0.3) is 0 Å². The van der Waals surface area contributed by atoms with E-state index >= 15 is 0 Å². The number of hydrogen-bond acceptors (Lipinski definition) is 2. The number of benzene rings is 2. The summed E-state index contributed by atoms with van der Waals surface area (Å²) in [6, 6.07) is 11.5. The topological polar surface area (TPSA) is 49.4 Å². The summed E-state index contributed by atoms with van der Waals surface area (Å²) in [5, 5.41) is 2.95. The number of rotatable bonds is 8. The van der Waals surface area contributed by atoms with Crippen LogP contribution in [0.15, 0.2) is 42.5 Å². The Morgan fingerprint density at radius 3 is 2.14 bits per heavy atom. The first kappa shape index (κ1) is 22.6. The van der Waals surface area contributed by atoms with Crippen LogP contribution < -0.4 is 5.32 Å². The molecular weight excluding hydrogens is 367 g/mol. The molecule has 0 fully saturated rings. The molecule has 0 saturated carbocycles. The van der Waals surface area contributed by atoms with Crippen molar-refractivity contribution in [2.75, 3.05) is 0 Å². The summed E-state index contributed by atoms with van der Waals surface area (Å²) in [6.07, 6.45) is 1.03. The minimum Gasteiger partial charge on any atom is -0.352 e. The zero-order chi connectivity index (χ0) is 21.6. The molecule has 2 atom stereocenters. The van der Waals surface area contributed by atoms with E-state index in [2.05, 4.69) is 11.4 Å². The number of nitrogens with one attached hydrogen (secondary N) is 1. The van der Waals surface area contributed by atoms with Gasteiger partial charge in [0.2, 0.25) is 11.8 Å². The third kappa shape index (κ3) is 6.70. The van der Waals surface area contributed by atoms with Crippen molar-refractivity contribution in [2.45, 2.75) is 66.1 Å². The van der Waals surface area contributed by atoms with Crippen molar-refractivity contribution in [3.05, 3.63) is 70.5 Å². The molecule has 0 heterocycles. The molecule has 0 aliphatic heterocycles. The third-order valence-electron chi connectivity index (χ3n) is 5.07. The molecule has 29 heavy (non-hydrogen) atoms. The molecular formula is C24H31FN2O2. The van der Waals surface area contributed by atoms with Gasteiger partial charge in [0.05, 0.1) is 6.42 Å². The average molecular weight is 399 g/mol. The van der Waals surface area contributed by atoms with Crippen LogP contribution in [-0.2, 0) is 22.6 Å². The van der Waals surface area contributed by atoms with E-state index in [1.54, 1.807) is 24.0 Å². The van der Waals surface area contributed by atoms with Crippen LogP contribution in [-0.4, -0.2) is 28.8 Å². The first-order chi connectivity index (χ1) is 13.7. The highest BCUT2D eigenvalue weighted by Crippen LogP contribution is 2.15. The van der Waals surface area contributed by atoms with Crippen molar-refractivity contribution in [1.82, 2.24) is 10.2 Å². The van der Waals surface area contributed by atoms with Gasteiger partial charge in [-0.05, 0) is 57.4 Å². The van der Waals surface area contributed by atoms with Crippen LogP contribution in [0.5, 0.6) is 0 Å². The van der Waals surface area contributed by atoms with Crippen LogP contribution in [0.3, 0.4) is 0 Å². The second-order valence-corrected chi connectivity index (χ2v) is 7.81. The molecule has 2 aromatic carbocycles. The maximum Gasteiger partial charge on any atom is 0.242 e. The Kier molecular flexibility index (Phi) is 7.94. The number of amides is 2. The Bertz CT molecular complexity index is 828. The lowest BCUT2D eigenvalue weighted by molar-refractivity contribution is -0.140. The fourth-order valence-corrected chi connectivity index (χ4v) is 3.28. The third-order valence-corrected chi connectivity index (χ3v) is 5.07. The maximum atomic E-state index is 13.3. The fraction of sp³-hybridized carbons (Fsp3) is 0.417. The Labute approximate surface area is 173 Å². The van der Waals surface area contributed by atoms with Gasteiger partial charge in [-0.15, -0.1) is 0 Å². The van der Waals surface area contributed by atoms with Crippen LogP contribution in [0.1, 0.15) is 49.4 Å². The van der Waals surface area contributed by atoms with Crippen molar-refractivity contribution in [3.8, 4) is 0 Å². The van der Waals surface area contributed by atoms with Crippen LogP contribution in [0, 0.1) is 19.7 Å². The van der Waals surface area contributed by atoms with Crippen molar-refractivity contribution in [3.63, 3.8) is 0 Å². The number of carbonyl (C=O) groups is 2. The van der Waals surface area contributed by atoms with Crippen LogP contribution >= 0.6 is 0 Å². The van der Waals surface area contributed by atoms with Gasteiger partial charge in [0.25, 0.3) is 0 Å². The highest BCUT2D eigenvalue weighted by Gasteiger charge is 2.27. The van der Waals surface area contributed by atoms with Gasteiger partial charge in [0, 0.05) is 12.6 Å². The van der Waals surface area contributed by atoms with E-state index < -0.39 is 6.04 Å². The summed E-state index contributed by atoms with van der Waals surface area (Å²) < 4.78 is 13.3. The quantitative estimate of drug-likeness (QED) is 0.720. The highest BCUT2D eigenvalue weighted by atomic mass is 19.1. The first-order valence-corrected chi connectivity index (χ1v) is 10.1. The summed E-state index contributed by atoms with van der Waals surface area (Å²) in [7, 11) is 0. The molecule has 0 bridgehead atoms. The van der Waals surface area contributed by atoms with Gasteiger partial charge in [-0.25, -0.2) is 4.39 Å². The Balaban J connectivity index is 2.25. The van der Waals surface area contributed by atoms with E-state index in [1.165, 1.54) is 12.1 Å². The standard InChI is InChI=1S/C24H31FN2O2/c1-6-18(4)26-24(29)19(5)27(15-20-7-9-22(25)10-8-20)23(28)14-21-12-16(2)11-17(3)13-21/h7-13,18-19H,6,14-15H2,1-5H3,(H,26,29)/t18-,19+/m0/s1. The summed E-state index contributed by atoms with van der Waals surface area (Å²) in [5.41, 5.74) is 3.90. The monoisotopic (exact) mass is 398 g/mol. The fourth-order valence-electron chi connectivity index (χ4n) is 3.28. The number of halogens is 1. The molecule has 1 N–H and O–H groups in total. The molecule has 5 heteroatoms. The van der Waals surface area contributed by atoms with E-state index in [-0.39, 0.29) is 36.6 Å². The van der Waals surface area contributed by atoms with Crippen molar-refractivity contribution >= 4 is 11.8 Å². The van der Waals surface area contributed by atoms with Gasteiger partial charge in [0.15, 0.2) is 0 Å². The molecule has 2 aromatic rings. The summed E-state index contributed by atoms with van der Waals surface area (Å²) in [4.78, 5) is 27.4. The highest BCUT2D eigenvalue weighted by molar-refractivity contribution is 5.88. The largest absolute Gasteiger partial charge is 0.352 e. The maximum absolute atomic E-state index is 13.3. The minimum absolute atomic E-state index is 0.0344. The summed E-state index contributed by atoms with van der Waals surface area (Å²) in [5.74, 6) is -0.647. The van der Waals surface area contributed by atoms with Gasteiger partial charge < -0.3 is 10.2 Å². The predicted octanol–water partition coefficient (Wildman–Crippen LogP) is 4.32. The van der Waals surface area contributed by atoms with E-state index in [0.29, 0.717) is 0 Å². The lowest BCUT2D eigenvalue weighted by atomic mass is 10.0. The number of hydrogen-bond donors (Lipinski definition) is 1. The number of carbonyl (C=O) groups excluding carboxylic acids is 2. The molecule has 2 rings (SSSR count). The molecule has 4 nitrogen and oxygen atoms in total. The predicted molar refractivity (Wildman–Crippen MR) is 114 cm³/mol. The SMILES string of the molecule is CC[C@H](C)NC(=O)[C@@H](C)N(Cc1ccc(F)cc1)C(=O)Cc1cc(C)cc(C)c1. The number of aryl methyl sites for hydroxylation is 2. The second-order valence-electron chi connectivity index (χ2n) is 7.81. The molecule has 0 radical (unpaired) electrons. The molecule has 0 aliphatic rings. The molecule has 156 valence electrons. The Hall–Kier alpha value is -2.69. The van der Waals surface area contributed by atoms with E-state index in [1.807, 2.05) is 39.8 Å². The molecule has 0 aliphatic carbocycles. The normalized spacial score (nSPS) is 12.9. The lowest BCUT2D eigenvalue weighted by Crippen LogP contribution is -2.49. The van der Waals surface area contributed by atoms with Crippen molar-refractivity contribution in [2.24, 2.45) is 0 Å². The lowest BCUT2D eigenvalue weighted by Gasteiger charge is -2.30. The van der Waals surface area contributed by atoms with E-state index in [9.17, 15) is 14.0 Å². The molecule has 0 aromatic heterocycles. The summed E-state index contributed by atoms with van der Waals surface area (Å²) >= 11 is 0. The van der Waals surface area contributed by atoms with Crippen LogP contribution in [0.2, 0.25) is 0 Å². The van der Waals surface area contributed by atoms with Gasteiger partial charge >= 0.3 is 0 Å². The Morgan fingerprint density at radius 2 is 1.59 bits per heavy atom. The van der Waals surface area contributed by atoms with Gasteiger partial charge in [0.1, 0.15) is 11.9 Å². The average Bonchev–Trinajstić information content (AvgIpc) is 2.65. The van der Waals surface area contributed by atoms with Gasteiger partial charge in [-0.1, -0.05) is 48.4 Å². The van der Waals surface area contributed by atoms with E-state index in [4.69, 9.17) is 0 Å². The van der Waals surface area contributed by atoms with Gasteiger partial charge in [-0.3, -0.25) is 9.59 Å². The smallest absolute Gasteiger partial charge is 0.242 e. The van der Waals surface area contributed by atoms with Crippen molar-refractivity contribution < 1.29 is 14.0 Å². The zero-order valence-electron chi connectivity index (χ0n) is 18.0. The second kappa shape index (κ2) is 10.2. The van der Waals surface area contributed by atoms with Crippen LogP contribution in [0.4, 0.5) is 4.39 Å². The van der Waals surface area contributed by atoms with E-state index in [0.717, 1.165) is 28.7 Å². The summed E-state index contributed by atoms with van der Waals surface area (Å²) in [6.45, 7) is 9.92. The van der Waals surface area contributed by atoms with Gasteiger partial charge in [-0.2, -0.15) is 0 Å². The molecule has 0 saturated heterocycles. The minimum atomic E-state index is -0.632. The molecule has 2 amide bonds. The first-order valence-electron chi connectivity index (χ1n) is 10.1. The Morgan fingerprint density at radius 1 is 1.00 bits per heavy atom. The number of nitrogens with zero attached hydrogens (tertiary/aromatic N) is 1. The molecule has 0 unspecified atom stereocenters. The molecule has 0 spiro atoms.